The summed E-state index contributed by atoms with van der Waals surface area (Å²) in [6.45, 7) is 9.07. The Hall–Kier alpha value is -1.08. The van der Waals surface area contributed by atoms with Crippen molar-refractivity contribution in [1.82, 2.24) is 5.32 Å². The van der Waals surface area contributed by atoms with E-state index in [0.717, 1.165) is 12.8 Å². The summed E-state index contributed by atoms with van der Waals surface area (Å²) in [7, 11) is -2.40. The van der Waals surface area contributed by atoms with Crippen molar-refractivity contribution in [2.75, 3.05) is 25.0 Å². The van der Waals surface area contributed by atoms with Gasteiger partial charge in [0.2, 0.25) is 5.91 Å². The Morgan fingerprint density at radius 3 is 1.96 bits per heavy atom. The molecule has 1 N–H and O–H groups in total. The maximum atomic E-state index is 13.1. The van der Waals surface area contributed by atoms with Crippen LogP contribution in [0.3, 0.4) is 0 Å². The first kappa shape index (κ1) is 25.0. The van der Waals surface area contributed by atoms with Crippen molar-refractivity contribution >= 4 is 13.0 Å². The summed E-state index contributed by atoms with van der Waals surface area (Å²) in [6.07, 6.45) is 9.94. The van der Waals surface area contributed by atoms with Gasteiger partial charge in [-0.1, -0.05) is 83.7 Å². The molecular formula is C24H42NO2P. The fourth-order valence-corrected chi connectivity index (χ4v) is 7.59. The standard InChI is InChI=1S/C24H42NO2P/c1-21(2)18-28(27,19-22(3)4)20-24(26)25-17-13-8-6-5-7-10-14-23-15-11-9-12-16-23/h9,11-12,15-16,21-22H,5-8,10,13-14,17-20H2,1-4H3,(H,25,26). The number of hydrogen-bond donors (Lipinski definition) is 1. The fourth-order valence-electron chi connectivity index (χ4n) is 3.89. The van der Waals surface area contributed by atoms with Crippen LogP contribution in [0, 0.1) is 11.8 Å². The van der Waals surface area contributed by atoms with E-state index in [4.69, 9.17) is 0 Å². The van der Waals surface area contributed by atoms with Gasteiger partial charge in [-0.2, -0.15) is 0 Å². The highest BCUT2D eigenvalue weighted by atomic mass is 31.2. The van der Waals surface area contributed by atoms with Crippen LogP contribution in [-0.2, 0) is 15.8 Å². The van der Waals surface area contributed by atoms with Crippen LogP contribution in [-0.4, -0.2) is 30.9 Å². The number of benzene rings is 1. The Labute approximate surface area is 173 Å². The molecule has 160 valence electrons. The first-order valence-electron chi connectivity index (χ1n) is 11.2. The molecule has 0 fully saturated rings. The zero-order valence-corrected chi connectivity index (χ0v) is 19.5. The summed E-state index contributed by atoms with van der Waals surface area (Å²) in [6, 6.07) is 10.7. The highest BCUT2D eigenvalue weighted by Gasteiger charge is 2.27. The van der Waals surface area contributed by atoms with Crippen LogP contribution in [0.1, 0.15) is 71.8 Å². The van der Waals surface area contributed by atoms with Crippen LogP contribution < -0.4 is 5.32 Å². The third-order valence-electron chi connectivity index (χ3n) is 4.88. The summed E-state index contributed by atoms with van der Waals surface area (Å²) >= 11 is 0. The molecule has 28 heavy (non-hydrogen) atoms. The molecule has 0 aliphatic rings. The third kappa shape index (κ3) is 12.4. The third-order valence-corrected chi connectivity index (χ3v) is 8.54. The van der Waals surface area contributed by atoms with Gasteiger partial charge in [0, 0.05) is 18.9 Å². The van der Waals surface area contributed by atoms with E-state index in [0.29, 0.717) is 30.7 Å². The van der Waals surface area contributed by atoms with Crippen LogP contribution in [0.15, 0.2) is 30.3 Å². The molecule has 0 saturated heterocycles. The van der Waals surface area contributed by atoms with E-state index >= 15 is 0 Å². The maximum absolute atomic E-state index is 13.1. The average molecular weight is 408 g/mol. The second kappa shape index (κ2) is 14.0. The molecule has 0 aliphatic carbocycles. The van der Waals surface area contributed by atoms with Gasteiger partial charge in [0.25, 0.3) is 0 Å². The minimum absolute atomic E-state index is 0.0208. The Kier molecular flexibility index (Phi) is 12.5. The van der Waals surface area contributed by atoms with Crippen LogP contribution in [0.5, 0.6) is 0 Å². The van der Waals surface area contributed by atoms with Gasteiger partial charge in [0.05, 0.1) is 13.3 Å². The number of rotatable bonds is 15. The minimum atomic E-state index is -2.40. The van der Waals surface area contributed by atoms with Gasteiger partial charge < -0.3 is 9.88 Å². The molecule has 0 radical (unpaired) electrons. The molecule has 0 aromatic heterocycles. The number of hydrogen-bond acceptors (Lipinski definition) is 2. The van der Waals surface area contributed by atoms with Crippen molar-refractivity contribution in [3.05, 3.63) is 35.9 Å². The molecule has 0 heterocycles. The van der Waals surface area contributed by atoms with Crippen LogP contribution in [0.4, 0.5) is 0 Å². The first-order chi connectivity index (χ1) is 13.3. The Morgan fingerprint density at radius 2 is 1.39 bits per heavy atom. The van der Waals surface area contributed by atoms with Gasteiger partial charge in [0.1, 0.15) is 0 Å². The summed E-state index contributed by atoms with van der Waals surface area (Å²) in [5, 5.41) is 3.00. The topological polar surface area (TPSA) is 46.2 Å². The van der Waals surface area contributed by atoms with Crippen molar-refractivity contribution in [2.24, 2.45) is 11.8 Å². The number of carbonyl (C=O) groups excluding carboxylic acids is 1. The molecule has 1 aromatic rings. The molecular weight excluding hydrogens is 365 g/mol. The highest BCUT2D eigenvalue weighted by molar-refractivity contribution is 7.64. The number of nitrogens with one attached hydrogen (secondary N) is 1. The molecule has 1 aromatic carbocycles. The summed E-state index contributed by atoms with van der Waals surface area (Å²) < 4.78 is 13.1. The number of amides is 1. The largest absolute Gasteiger partial charge is 0.356 e. The second-order valence-electron chi connectivity index (χ2n) is 9.08. The van der Waals surface area contributed by atoms with Gasteiger partial charge >= 0.3 is 0 Å². The number of carbonyl (C=O) groups is 1. The Balaban J connectivity index is 2.09. The van der Waals surface area contributed by atoms with Gasteiger partial charge in [0.15, 0.2) is 0 Å². The predicted octanol–water partition coefficient (Wildman–Crippen LogP) is 6.36. The van der Waals surface area contributed by atoms with Crippen molar-refractivity contribution in [3.8, 4) is 0 Å². The molecule has 0 saturated carbocycles. The van der Waals surface area contributed by atoms with E-state index in [2.05, 4.69) is 63.3 Å². The summed E-state index contributed by atoms with van der Waals surface area (Å²) in [5.41, 5.74) is 1.43. The molecule has 0 atom stereocenters. The number of aryl methyl sites for hydroxylation is 1. The zero-order valence-electron chi connectivity index (χ0n) is 18.6. The van der Waals surface area contributed by atoms with Crippen LogP contribution in [0.25, 0.3) is 0 Å². The van der Waals surface area contributed by atoms with E-state index in [1.807, 2.05) is 0 Å². The van der Waals surface area contributed by atoms with Crippen LogP contribution in [0.2, 0.25) is 0 Å². The van der Waals surface area contributed by atoms with E-state index in [9.17, 15) is 9.36 Å². The normalized spacial score (nSPS) is 11.9. The molecule has 0 spiro atoms. The lowest BCUT2D eigenvalue weighted by atomic mass is 10.1. The van der Waals surface area contributed by atoms with E-state index < -0.39 is 7.14 Å². The highest BCUT2D eigenvalue weighted by Crippen LogP contribution is 2.48. The van der Waals surface area contributed by atoms with E-state index in [1.54, 1.807) is 0 Å². The molecule has 4 heteroatoms. The molecule has 1 rings (SSSR count). The SMILES string of the molecule is CC(C)CP(=O)(CC(=O)NCCCCCCCCc1ccccc1)CC(C)C. The minimum Gasteiger partial charge on any atom is -0.356 e. The lowest BCUT2D eigenvalue weighted by Gasteiger charge is -2.21. The van der Waals surface area contributed by atoms with Crippen molar-refractivity contribution in [1.29, 1.82) is 0 Å². The van der Waals surface area contributed by atoms with Gasteiger partial charge in [-0.15, -0.1) is 0 Å². The average Bonchev–Trinajstić information content (AvgIpc) is 2.59. The monoisotopic (exact) mass is 407 g/mol. The molecule has 1 amide bonds. The molecule has 0 bridgehead atoms. The van der Waals surface area contributed by atoms with E-state index in [1.165, 1.54) is 37.7 Å². The second-order valence-corrected chi connectivity index (χ2v) is 12.2. The Bertz CT molecular complexity index is 570. The quantitative estimate of drug-likeness (QED) is 0.271. The summed E-state index contributed by atoms with van der Waals surface area (Å²) in [4.78, 5) is 12.2. The predicted molar refractivity (Wildman–Crippen MR) is 123 cm³/mol. The van der Waals surface area contributed by atoms with Crippen molar-refractivity contribution in [2.45, 2.75) is 72.6 Å². The van der Waals surface area contributed by atoms with E-state index in [-0.39, 0.29) is 12.1 Å². The zero-order chi connectivity index (χ0) is 20.8. The molecule has 3 nitrogen and oxygen atoms in total. The van der Waals surface area contributed by atoms with Crippen LogP contribution >= 0.6 is 7.14 Å². The smallest absolute Gasteiger partial charge is 0.227 e. The van der Waals surface area contributed by atoms with Gasteiger partial charge in [-0.3, -0.25) is 4.79 Å². The lowest BCUT2D eigenvalue weighted by molar-refractivity contribution is -0.118. The van der Waals surface area contributed by atoms with Crippen molar-refractivity contribution < 1.29 is 9.36 Å². The molecule has 0 aliphatic heterocycles. The van der Waals surface area contributed by atoms with Gasteiger partial charge in [-0.05, 0) is 36.7 Å². The Morgan fingerprint density at radius 1 is 0.857 bits per heavy atom. The lowest BCUT2D eigenvalue weighted by Crippen LogP contribution is -2.29. The number of unbranched alkanes of at least 4 members (excludes halogenated alkanes) is 5. The maximum Gasteiger partial charge on any atom is 0.227 e. The summed E-state index contributed by atoms with van der Waals surface area (Å²) in [5.74, 6) is 0.728. The first-order valence-corrected chi connectivity index (χ1v) is 13.4. The van der Waals surface area contributed by atoms with Gasteiger partial charge in [-0.25, -0.2) is 0 Å². The van der Waals surface area contributed by atoms with Crippen molar-refractivity contribution in [3.63, 3.8) is 0 Å². The molecule has 0 unspecified atom stereocenters. The fraction of sp³-hybridized carbons (Fsp3) is 0.708.